The van der Waals surface area contributed by atoms with Crippen molar-refractivity contribution in [3.63, 3.8) is 0 Å². The van der Waals surface area contributed by atoms with Crippen LogP contribution in [0.1, 0.15) is 28.9 Å². The number of hydrogen-bond acceptors (Lipinski definition) is 4. The van der Waals surface area contributed by atoms with Crippen molar-refractivity contribution in [1.82, 2.24) is 15.1 Å². The summed E-state index contributed by atoms with van der Waals surface area (Å²) in [5, 5.41) is 7.25. The number of nitrogens with one attached hydrogen (secondary N) is 1. The Kier molecular flexibility index (Phi) is 4.62. The normalized spacial score (nSPS) is 17.2. The third kappa shape index (κ3) is 3.37. The first kappa shape index (κ1) is 15.6. The summed E-state index contributed by atoms with van der Waals surface area (Å²) in [6, 6.07) is 7.56. The Balaban J connectivity index is 1.71. The number of hydrogen-bond donors (Lipinski definition) is 1. The van der Waals surface area contributed by atoms with E-state index in [-0.39, 0.29) is 12.0 Å². The summed E-state index contributed by atoms with van der Waals surface area (Å²) in [6.07, 6.45) is 3.81. The average Bonchev–Trinajstić information content (AvgIpc) is 3.22. The molecule has 23 heavy (non-hydrogen) atoms. The van der Waals surface area contributed by atoms with Crippen LogP contribution in [0.15, 0.2) is 30.5 Å². The van der Waals surface area contributed by atoms with E-state index in [0.29, 0.717) is 12.1 Å². The summed E-state index contributed by atoms with van der Waals surface area (Å²) in [4.78, 5) is 12.3. The molecule has 2 heterocycles. The molecule has 0 spiro atoms. The number of carbonyl (C=O) groups is 1. The van der Waals surface area contributed by atoms with Crippen LogP contribution in [0.4, 0.5) is 0 Å². The molecule has 1 aromatic carbocycles. The standard InChI is InChI=1S/C17H21N3O3/c1-12-16(17(21)18-10-15-4-3-9-23-15)11-19-20(12)13-5-7-14(22-2)8-6-13/h5-8,11,15H,3-4,9-10H2,1-2H3,(H,18,21)/t15-/m0/s1. The van der Waals surface area contributed by atoms with Crippen LogP contribution in [0, 0.1) is 6.92 Å². The third-order valence-corrected chi connectivity index (χ3v) is 4.09. The van der Waals surface area contributed by atoms with E-state index in [9.17, 15) is 4.79 Å². The van der Waals surface area contributed by atoms with Gasteiger partial charge < -0.3 is 14.8 Å². The van der Waals surface area contributed by atoms with Crippen LogP contribution in [0.3, 0.4) is 0 Å². The Morgan fingerprint density at radius 2 is 2.22 bits per heavy atom. The Labute approximate surface area is 135 Å². The molecule has 0 aliphatic carbocycles. The molecule has 1 atom stereocenters. The maximum atomic E-state index is 12.3. The van der Waals surface area contributed by atoms with Crippen LogP contribution < -0.4 is 10.1 Å². The molecule has 6 nitrogen and oxygen atoms in total. The van der Waals surface area contributed by atoms with Crippen molar-refractivity contribution in [3.8, 4) is 11.4 Å². The molecule has 3 rings (SSSR count). The topological polar surface area (TPSA) is 65.4 Å². The predicted molar refractivity (Wildman–Crippen MR) is 86.2 cm³/mol. The molecule has 1 aliphatic rings. The van der Waals surface area contributed by atoms with Gasteiger partial charge in [-0.25, -0.2) is 4.68 Å². The lowest BCUT2D eigenvalue weighted by molar-refractivity contribution is 0.0857. The first-order valence-electron chi connectivity index (χ1n) is 7.78. The zero-order valence-electron chi connectivity index (χ0n) is 13.4. The number of methoxy groups -OCH3 is 1. The van der Waals surface area contributed by atoms with Gasteiger partial charge in [0.15, 0.2) is 0 Å². The summed E-state index contributed by atoms with van der Waals surface area (Å²) in [5.74, 6) is 0.672. The van der Waals surface area contributed by atoms with Gasteiger partial charge in [-0.1, -0.05) is 0 Å². The first-order chi connectivity index (χ1) is 11.2. The van der Waals surface area contributed by atoms with E-state index in [1.165, 1.54) is 0 Å². The molecule has 0 bridgehead atoms. The number of benzene rings is 1. The van der Waals surface area contributed by atoms with Gasteiger partial charge in [-0.05, 0) is 44.0 Å². The first-order valence-corrected chi connectivity index (χ1v) is 7.78. The summed E-state index contributed by atoms with van der Waals surface area (Å²) in [7, 11) is 1.63. The third-order valence-electron chi connectivity index (χ3n) is 4.09. The van der Waals surface area contributed by atoms with Crippen molar-refractivity contribution < 1.29 is 14.3 Å². The number of nitrogens with zero attached hydrogens (tertiary/aromatic N) is 2. The predicted octanol–water partition coefficient (Wildman–Crippen LogP) is 2.10. The summed E-state index contributed by atoms with van der Waals surface area (Å²) >= 11 is 0. The maximum Gasteiger partial charge on any atom is 0.254 e. The van der Waals surface area contributed by atoms with E-state index < -0.39 is 0 Å². The van der Waals surface area contributed by atoms with Crippen LogP contribution in [0.2, 0.25) is 0 Å². The minimum absolute atomic E-state index is 0.113. The van der Waals surface area contributed by atoms with Crippen molar-refractivity contribution in [3.05, 3.63) is 41.7 Å². The molecule has 1 N–H and O–H groups in total. The smallest absolute Gasteiger partial charge is 0.254 e. The van der Waals surface area contributed by atoms with Gasteiger partial charge in [0.25, 0.3) is 5.91 Å². The summed E-state index contributed by atoms with van der Waals surface area (Å²) < 4.78 is 12.4. The van der Waals surface area contributed by atoms with Crippen LogP contribution in [-0.2, 0) is 4.74 Å². The van der Waals surface area contributed by atoms with Gasteiger partial charge in [0, 0.05) is 13.2 Å². The van der Waals surface area contributed by atoms with Crippen LogP contribution in [-0.4, -0.2) is 42.1 Å². The van der Waals surface area contributed by atoms with Crippen LogP contribution >= 0.6 is 0 Å². The Bertz CT molecular complexity index is 673. The zero-order valence-corrected chi connectivity index (χ0v) is 13.4. The van der Waals surface area contributed by atoms with Gasteiger partial charge in [0.05, 0.1) is 36.4 Å². The highest BCUT2D eigenvalue weighted by atomic mass is 16.5. The van der Waals surface area contributed by atoms with E-state index >= 15 is 0 Å². The Morgan fingerprint density at radius 1 is 1.43 bits per heavy atom. The quantitative estimate of drug-likeness (QED) is 0.917. The largest absolute Gasteiger partial charge is 0.497 e. The second kappa shape index (κ2) is 6.83. The lowest BCUT2D eigenvalue weighted by Crippen LogP contribution is -2.32. The minimum Gasteiger partial charge on any atom is -0.497 e. The molecule has 1 amide bonds. The number of ether oxygens (including phenoxy) is 2. The lowest BCUT2D eigenvalue weighted by atomic mass is 10.2. The fraction of sp³-hybridized carbons (Fsp3) is 0.412. The number of aromatic nitrogens is 2. The van der Waals surface area contributed by atoms with E-state index in [1.54, 1.807) is 18.0 Å². The molecule has 1 saturated heterocycles. The maximum absolute atomic E-state index is 12.3. The van der Waals surface area contributed by atoms with E-state index in [1.807, 2.05) is 31.2 Å². The molecule has 1 aromatic heterocycles. The van der Waals surface area contributed by atoms with Crippen molar-refractivity contribution >= 4 is 5.91 Å². The van der Waals surface area contributed by atoms with Gasteiger partial charge in [-0.3, -0.25) is 4.79 Å². The Morgan fingerprint density at radius 3 is 2.87 bits per heavy atom. The van der Waals surface area contributed by atoms with Crippen molar-refractivity contribution in [2.75, 3.05) is 20.3 Å². The SMILES string of the molecule is COc1ccc(-n2ncc(C(=O)NC[C@@H]3CCCO3)c2C)cc1. The van der Waals surface area contributed by atoms with Crippen molar-refractivity contribution in [2.24, 2.45) is 0 Å². The highest BCUT2D eigenvalue weighted by Crippen LogP contribution is 2.18. The molecule has 1 fully saturated rings. The highest BCUT2D eigenvalue weighted by Gasteiger charge is 2.19. The molecule has 0 radical (unpaired) electrons. The van der Waals surface area contributed by atoms with Crippen molar-refractivity contribution in [2.45, 2.75) is 25.9 Å². The summed E-state index contributed by atoms with van der Waals surface area (Å²) in [6.45, 7) is 3.22. The van der Waals surface area contributed by atoms with Crippen molar-refractivity contribution in [1.29, 1.82) is 0 Å². The fourth-order valence-corrected chi connectivity index (χ4v) is 2.72. The Hall–Kier alpha value is -2.34. The molecule has 6 heteroatoms. The molecule has 2 aromatic rings. The number of carbonyl (C=O) groups excluding carboxylic acids is 1. The fourth-order valence-electron chi connectivity index (χ4n) is 2.72. The average molecular weight is 315 g/mol. The van der Waals surface area contributed by atoms with E-state index in [4.69, 9.17) is 9.47 Å². The second-order valence-electron chi connectivity index (χ2n) is 5.60. The van der Waals surface area contributed by atoms with E-state index in [0.717, 1.165) is 36.6 Å². The van der Waals surface area contributed by atoms with E-state index in [2.05, 4.69) is 10.4 Å². The molecule has 0 unspecified atom stereocenters. The molecule has 1 aliphatic heterocycles. The van der Waals surface area contributed by atoms with Gasteiger partial charge in [0.2, 0.25) is 0 Å². The molecular formula is C17H21N3O3. The second-order valence-corrected chi connectivity index (χ2v) is 5.60. The van der Waals surface area contributed by atoms with Gasteiger partial charge in [0.1, 0.15) is 5.75 Å². The van der Waals surface area contributed by atoms with Crippen LogP contribution in [0.25, 0.3) is 5.69 Å². The minimum atomic E-state index is -0.113. The van der Waals surface area contributed by atoms with Crippen LogP contribution in [0.5, 0.6) is 5.75 Å². The van der Waals surface area contributed by atoms with Gasteiger partial charge in [-0.15, -0.1) is 0 Å². The monoisotopic (exact) mass is 315 g/mol. The molecule has 122 valence electrons. The lowest BCUT2D eigenvalue weighted by Gasteiger charge is -2.11. The molecule has 0 saturated carbocycles. The molecular weight excluding hydrogens is 294 g/mol. The van der Waals surface area contributed by atoms with Gasteiger partial charge >= 0.3 is 0 Å². The highest BCUT2D eigenvalue weighted by molar-refractivity contribution is 5.95. The zero-order chi connectivity index (χ0) is 16.2. The number of amides is 1. The number of rotatable bonds is 5. The summed E-state index contributed by atoms with van der Waals surface area (Å²) in [5.41, 5.74) is 2.28. The van der Waals surface area contributed by atoms with Gasteiger partial charge in [-0.2, -0.15) is 5.10 Å².